The number of fused-ring (bicyclic) bond motifs is 1. The summed E-state index contributed by atoms with van der Waals surface area (Å²) < 4.78 is 6.21. The fourth-order valence-electron chi connectivity index (χ4n) is 2.06. The highest BCUT2D eigenvalue weighted by Gasteiger charge is 2.15. The van der Waals surface area contributed by atoms with Crippen LogP contribution in [0.4, 0.5) is 0 Å². The number of rotatable bonds is 3. The van der Waals surface area contributed by atoms with E-state index in [0.717, 1.165) is 0 Å². The van der Waals surface area contributed by atoms with Crippen LogP contribution in [0.5, 0.6) is 0 Å². The molecule has 0 bridgehead atoms. The van der Waals surface area contributed by atoms with Gasteiger partial charge in [0, 0.05) is 6.92 Å². The van der Waals surface area contributed by atoms with Crippen LogP contribution in [0.1, 0.15) is 22.1 Å². The Morgan fingerprint density at radius 1 is 1.50 bits per heavy atom. The molecule has 0 radical (unpaired) electrons. The summed E-state index contributed by atoms with van der Waals surface area (Å²) in [5.41, 5.74) is 0.390. The molecule has 0 saturated heterocycles. The zero-order chi connectivity index (χ0) is 14.3. The molecule has 1 aromatic carbocycles. The average Bonchev–Trinajstić information content (AvgIpc) is 2.94. The number of hydrogen-bond acceptors (Lipinski definition) is 5. The Balaban J connectivity index is 2.16. The van der Waals surface area contributed by atoms with Crippen LogP contribution in [0.15, 0.2) is 27.5 Å². The van der Waals surface area contributed by atoms with Gasteiger partial charge in [-0.2, -0.15) is 4.98 Å². The van der Waals surface area contributed by atoms with Crippen molar-refractivity contribution in [2.75, 3.05) is 0 Å². The van der Waals surface area contributed by atoms with Crippen LogP contribution in [-0.2, 0) is 6.54 Å². The number of H-pyrrole nitrogens is 1. The van der Waals surface area contributed by atoms with Crippen LogP contribution in [0.25, 0.3) is 11.0 Å². The zero-order valence-electron chi connectivity index (χ0n) is 10.5. The minimum Gasteiger partial charge on any atom is -0.478 e. The van der Waals surface area contributed by atoms with E-state index < -0.39 is 11.7 Å². The Kier molecular flexibility index (Phi) is 2.63. The van der Waals surface area contributed by atoms with Gasteiger partial charge < -0.3 is 14.6 Å². The van der Waals surface area contributed by atoms with Crippen LogP contribution >= 0.6 is 0 Å². The molecule has 0 aliphatic heterocycles. The first-order valence-corrected chi connectivity index (χ1v) is 5.80. The van der Waals surface area contributed by atoms with Crippen LogP contribution in [0, 0.1) is 6.92 Å². The number of aromatic amines is 1. The van der Waals surface area contributed by atoms with E-state index in [-0.39, 0.29) is 17.6 Å². The van der Waals surface area contributed by atoms with Gasteiger partial charge in [-0.25, -0.2) is 9.59 Å². The number of nitrogens with zero attached hydrogens (tertiary/aromatic N) is 3. The molecule has 0 amide bonds. The summed E-state index contributed by atoms with van der Waals surface area (Å²) in [6.45, 7) is 1.76. The summed E-state index contributed by atoms with van der Waals surface area (Å²) >= 11 is 0. The molecule has 2 N–H and O–H groups in total. The second-order valence-electron chi connectivity index (χ2n) is 4.25. The molecule has 3 rings (SSSR count). The maximum atomic E-state index is 12.0. The van der Waals surface area contributed by atoms with Crippen LogP contribution < -0.4 is 5.69 Å². The molecule has 3 aromatic rings. The smallest absolute Gasteiger partial charge is 0.337 e. The van der Waals surface area contributed by atoms with Crippen molar-refractivity contribution in [2.24, 2.45) is 0 Å². The zero-order valence-corrected chi connectivity index (χ0v) is 10.5. The van der Waals surface area contributed by atoms with E-state index in [9.17, 15) is 9.59 Å². The van der Waals surface area contributed by atoms with Crippen molar-refractivity contribution in [1.29, 1.82) is 0 Å². The van der Waals surface area contributed by atoms with Gasteiger partial charge in [0.15, 0.2) is 5.82 Å². The molecule has 20 heavy (non-hydrogen) atoms. The topological polar surface area (TPSA) is 114 Å². The third kappa shape index (κ3) is 1.87. The lowest BCUT2D eigenvalue weighted by atomic mass is 10.2. The van der Waals surface area contributed by atoms with Gasteiger partial charge in [0.2, 0.25) is 5.89 Å². The lowest BCUT2D eigenvalue weighted by Crippen LogP contribution is -2.17. The second kappa shape index (κ2) is 4.34. The predicted molar refractivity (Wildman–Crippen MR) is 67.7 cm³/mol. The number of benzene rings is 1. The molecule has 0 aliphatic rings. The Hall–Kier alpha value is -2.90. The van der Waals surface area contributed by atoms with Gasteiger partial charge in [0.05, 0.1) is 23.1 Å². The number of aryl methyl sites for hydroxylation is 1. The summed E-state index contributed by atoms with van der Waals surface area (Å²) in [6, 6.07) is 4.67. The summed E-state index contributed by atoms with van der Waals surface area (Å²) in [5, 5.41) is 12.8. The number of hydrogen-bond donors (Lipinski definition) is 2. The van der Waals surface area contributed by atoms with Crippen molar-refractivity contribution in [2.45, 2.75) is 13.5 Å². The number of aromatic nitrogens is 4. The Morgan fingerprint density at radius 2 is 2.30 bits per heavy atom. The number of carboxylic acid groups (broad SMARTS) is 1. The van der Waals surface area contributed by atoms with E-state index in [1.165, 1.54) is 10.6 Å². The van der Waals surface area contributed by atoms with Gasteiger partial charge in [-0.15, -0.1) is 0 Å². The maximum absolute atomic E-state index is 12.0. The summed E-state index contributed by atoms with van der Waals surface area (Å²) in [5.74, 6) is -0.343. The van der Waals surface area contributed by atoms with Crippen LogP contribution in [-0.4, -0.2) is 30.8 Å². The Labute approximate surface area is 111 Å². The first-order chi connectivity index (χ1) is 9.56. The molecule has 0 unspecified atom stereocenters. The van der Waals surface area contributed by atoms with Crippen molar-refractivity contribution < 1.29 is 14.4 Å². The summed E-state index contributed by atoms with van der Waals surface area (Å²) in [6.07, 6.45) is 0. The second-order valence-corrected chi connectivity index (χ2v) is 4.25. The standard InChI is InChI=1S/C12H10N4O4/c1-6-13-9(15-20-6)5-16-8-4-2-3-7(11(17)18)10(8)14-12(16)19/h2-4H,5H2,1H3,(H,14,19)(H,17,18). The highest BCUT2D eigenvalue weighted by molar-refractivity contribution is 6.00. The molecule has 0 atom stereocenters. The van der Waals surface area contributed by atoms with Crippen molar-refractivity contribution in [3.63, 3.8) is 0 Å². The largest absolute Gasteiger partial charge is 0.478 e. The number of aromatic carboxylic acids is 1. The first-order valence-electron chi connectivity index (χ1n) is 5.80. The van der Waals surface area contributed by atoms with Crippen molar-refractivity contribution in [3.8, 4) is 0 Å². The third-order valence-corrected chi connectivity index (χ3v) is 2.91. The van der Waals surface area contributed by atoms with Gasteiger partial charge in [-0.05, 0) is 12.1 Å². The fraction of sp³-hybridized carbons (Fsp3) is 0.167. The van der Waals surface area contributed by atoms with Crippen LogP contribution in [0.2, 0.25) is 0 Å². The van der Waals surface area contributed by atoms with Crippen molar-refractivity contribution in [1.82, 2.24) is 19.7 Å². The van der Waals surface area contributed by atoms with Gasteiger partial charge in [-0.1, -0.05) is 11.2 Å². The summed E-state index contributed by atoms with van der Waals surface area (Å²) in [4.78, 5) is 29.6. The lowest BCUT2D eigenvalue weighted by molar-refractivity contribution is 0.0699. The molecular weight excluding hydrogens is 264 g/mol. The van der Waals surface area contributed by atoms with Gasteiger partial charge in [0.25, 0.3) is 0 Å². The van der Waals surface area contributed by atoms with Crippen molar-refractivity contribution in [3.05, 3.63) is 46.0 Å². The molecule has 2 heterocycles. The van der Waals surface area contributed by atoms with E-state index in [2.05, 4.69) is 15.1 Å². The Bertz CT molecular complexity index is 858. The van der Waals surface area contributed by atoms with E-state index in [0.29, 0.717) is 17.2 Å². The van der Waals surface area contributed by atoms with E-state index in [1.54, 1.807) is 19.1 Å². The highest BCUT2D eigenvalue weighted by atomic mass is 16.5. The fourth-order valence-corrected chi connectivity index (χ4v) is 2.06. The number of carbonyl (C=O) groups is 1. The predicted octanol–water partition coefficient (Wildman–Crippen LogP) is 0.768. The average molecular weight is 274 g/mol. The number of nitrogens with one attached hydrogen (secondary N) is 1. The molecule has 102 valence electrons. The molecule has 0 fully saturated rings. The maximum Gasteiger partial charge on any atom is 0.337 e. The SMILES string of the molecule is Cc1nc(Cn2c(=O)[nH]c3c(C(=O)O)cccc32)no1. The van der Waals surface area contributed by atoms with Gasteiger partial charge >= 0.3 is 11.7 Å². The summed E-state index contributed by atoms with van der Waals surface area (Å²) in [7, 11) is 0. The molecule has 0 spiro atoms. The third-order valence-electron chi connectivity index (χ3n) is 2.91. The van der Waals surface area contributed by atoms with E-state index >= 15 is 0 Å². The van der Waals surface area contributed by atoms with Crippen LogP contribution in [0.3, 0.4) is 0 Å². The number of imidazole rings is 1. The van der Waals surface area contributed by atoms with Gasteiger partial charge in [-0.3, -0.25) is 4.57 Å². The normalized spacial score (nSPS) is 11.1. The molecule has 8 heteroatoms. The van der Waals surface area contributed by atoms with Gasteiger partial charge in [0.1, 0.15) is 0 Å². The van der Waals surface area contributed by atoms with Crippen molar-refractivity contribution >= 4 is 17.0 Å². The molecular formula is C12H10N4O4. The molecule has 0 saturated carbocycles. The molecule has 2 aromatic heterocycles. The van der Waals surface area contributed by atoms with E-state index in [4.69, 9.17) is 9.63 Å². The van der Waals surface area contributed by atoms with E-state index in [1.807, 2.05) is 0 Å². The minimum absolute atomic E-state index is 0.0441. The highest BCUT2D eigenvalue weighted by Crippen LogP contribution is 2.16. The first kappa shape index (κ1) is 12.2. The molecule has 8 nitrogen and oxygen atoms in total. The monoisotopic (exact) mass is 274 g/mol. The lowest BCUT2D eigenvalue weighted by Gasteiger charge is -2.00. The quantitative estimate of drug-likeness (QED) is 0.729. The number of carboxylic acids is 1. The minimum atomic E-state index is -1.10. The number of para-hydroxylation sites is 1. The Morgan fingerprint density at radius 3 is 2.95 bits per heavy atom. The molecule has 0 aliphatic carbocycles.